The van der Waals surface area contributed by atoms with E-state index in [0.717, 1.165) is 28.3 Å². The summed E-state index contributed by atoms with van der Waals surface area (Å²) in [4.78, 5) is 2.40. The molecule has 0 unspecified atom stereocenters. The van der Waals surface area contributed by atoms with Crippen molar-refractivity contribution in [2.45, 2.75) is 0 Å². The van der Waals surface area contributed by atoms with Crippen LogP contribution in [-0.4, -0.2) is 4.57 Å². The highest BCUT2D eigenvalue weighted by atomic mass is 15.1. The van der Waals surface area contributed by atoms with Crippen LogP contribution in [-0.2, 0) is 0 Å². The monoisotopic (exact) mass is 788 g/mol. The minimum Gasteiger partial charge on any atom is -0.310 e. The van der Waals surface area contributed by atoms with Gasteiger partial charge in [-0.3, -0.25) is 0 Å². The molecule has 0 aliphatic carbocycles. The first-order chi connectivity index (χ1) is 30.8. The third kappa shape index (κ3) is 5.88. The van der Waals surface area contributed by atoms with E-state index in [-0.39, 0.29) is 0 Å². The summed E-state index contributed by atoms with van der Waals surface area (Å²) >= 11 is 0. The van der Waals surface area contributed by atoms with E-state index in [9.17, 15) is 0 Å². The number of anilines is 3. The maximum absolute atomic E-state index is 2.45. The standard InChI is InChI=1S/C60H40N2/c1-2-16-41(17-3-1)49-21-10-13-27-56(49)61(47-37-32-44(33-38-47)55-40-45-19-5-6-20-48(45)52-24-8-9-25-53(52)55)46-35-30-43(31-36-46)50-22-11-14-28-57(50)62-58-29-15-12-26-54(58)60-51-23-7-4-18-42(51)34-39-59(60)62/h1-40H. The van der Waals surface area contributed by atoms with Crippen LogP contribution in [0.5, 0.6) is 0 Å². The molecule has 0 atom stereocenters. The van der Waals surface area contributed by atoms with E-state index < -0.39 is 0 Å². The van der Waals surface area contributed by atoms with Gasteiger partial charge in [0.2, 0.25) is 0 Å². The lowest BCUT2D eigenvalue weighted by atomic mass is 9.93. The largest absolute Gasteiger partial charge is 0.310 e. The molecule has 0 spiro atoms. The van der Waals surface area contributed by atoms with Crippen molar-refractivity contribution in [1.82, 2.24) is 4.57 Å². The first-order valence-corrected chi connectivity index (χ1v) is 21.3. The fourth-order valence-electron chi connectivity index (χ4n) is 9.74. The third-order valence-corrected chi connectivity index (χ3v) is 12.6. The average Bonchev–Trinajstić information content (AvgIpc) is 3.69. The lowest BCUT2D eigenvalue weighted by Gasteiger charge is -2.28. The third-order valence-electron chi connectivity index (χ3n) is 12.6. The van der Waals surface area contributed by atoms with E-state index in [0.29, 0.717) is 0 Å². The summed E-state index contributed by atoms with van der Waals surface area (Å²) in [6.45, 7) is 0. The van der Waals surface area contributed by atoms with E-state index in [1.54, 1.807) is 0 Å². The molecule has 11 aromatic carbocycles. The number of rotatable bonds is 7. The van der Waals surface area contributed by atoms with Gasteiger partial charge < -0.3 is 9.47 Å². The highest BCUT2D eigenvalue weighted by Gasteiger charge is 2.20. The van der Waals surface area contributed by atoms with Crippen LogP contribution in [0, 0.1) is 0 Å². The van der Waals surface area contributed by atoms with Gasteiger partial charge in [-0.05, 0) is 109 Å². The van der Waals surface area contributed by atoms with Gasteiger partial charge in [-0.25, -0.2) is 0 Å². The molecule has 1 aromatic heterocycles. The van der Waals surface area contributed by atoms with E-state index in [1.807, 2.05) is 0 Å². The van der Waals surface area contributed by atoms with Crippen LogP contribution in [0.3, 0.4) is 0 Å². The van der Waals surface area contributed by atoms with Crippen LogP contribution in [0.1, 0.15) is 0 Å². The van der Waals surface area contributed by atoms with Gasteiger partial charge in [-0.15, -0.1) is 0 Å². The first kappa shape index (κ1) is 35.7. The predicted molar refractivity (Wildman–Crippen MR) is 264 cm³/mol. The SMILES string of the molecule is c1ccc(-c2ccccc2N(c2ccc(-c3ccccc3-n3c4ccccc4c4c5ccccc5ccc43)cc2)c2ccc(-c3cc4ccccc4c4ccccc34)cc2)cc1. The molecule has 12 aromatic rings. The second-order valence-corrected chi connectivity index (χ2v) is 16.1. The molecule has 290 valence electrons. The smallest absolute Gasteiger partial charge is 0.0547 e. The van der Waals surface area contributed by atoms with E-state index in [4.69, 9.17) is 0 Å². The van der Waals surface area contributed by atoms with Crippen molar-refractivity contribution >= 4 is 71.2 Å². The van der Waals surface area contributed by atoms with Crippen LogP contribution in [0.25, 0.3) is 93.2 Å². The zero-order valence-corrected chi connectivity index (χ0v) is 34.0. The minimum absolute atomic E-state index is 1.09. The first-order valence-electron chi connectivity index (χ1n) is 21.3. The number of nitrogens with zero attached hydrogens (tertiary/aromatic N) is 2. The maximum Gasteiger partial charge on any atom is 0.0547 e. The van der Waals surface area contributed by atoms with Crippen molar-refractivity contribution in [2.75, 3.05) is 4.90 Å². The van der Waals surface area contributed by atoms with Gasteiger partial charge in [0.05, 0.1) is 22.4 Å². The summed E-state index contributed by atoms with van der Waals surface area (Å²) in [7, 11) is 0. The summed E-state index contributed by atoms with van der Waals surface area (Å²) in [6, 6.07) is 88.4. The fraction of sp³-hybridized carbons (Fsp3) is 0. The molecule has 0 N–H and O–H groups in total. The van der Waals surface area contributed by atoms with E-state index in [2.05, 4.69) is 252 Å². The maximum atomic E-state index is 2.45. The van der Waals surface area contributed by atoms with Crippen LogP contribution < -0.4 is 4.90 Å². The summed E-state index contributed by atoms with van der Waals surface area (Å²) < 4.78 is 2.45. The number of benzene rings is 11. The number of fused-ring (bicyclic) bond motifs is 8. The Labute approximate surface area is 360 Å². The van der Waals surface area contributed by atoms with Gasteiger partial charge in [-0.2, -0.15) is 0 Å². The molecule has 62 heavy (non-hydrogen) atoms. The molecule has 2 heteroatoms. The minimum atomic E-state index is 1.09. The molecule has 0 amide bonds. The van der Waals surface area contributed by atoms with Crippen LogP contribution >= 0.6 is 0 Å². The molecular formula is C60H40N2. The Bertz CT molecular complexity index is 3620. The van der Waals surface area contributed by atoms with Gasteiger partial charge in [0, 0.05) is 33.3 Å². The topological polar surface area (TPSA) is 8.17 Å². The quantitative estimate of drug-likeness (QED) is 0.146. The Morgan fingerprint density at radius 3 is 1.58 bits per heavy atom. The summed E-state index contributed by atoms with van der Waals surface area (Å²) in [5.41, 5.74) is 14.0. The highest BCUT2D eigenvalue weighted by molar-refractivity contribution is 6.21. The van der Waals surface area contributed by atoms with Gasteiger partial charge in [0.15, 0.2) is 0 Å². The molecule has 0 bridgehead atoms. The van der Waals surface area contributed by atoms with Gasteiger partial charge >= 0.3 is 0 Å². The molecule has 0 fully saturated rings. The van der Waals surface area contributed by atoms with Gasteiger partial charge in [0.25, 0.3) is 0 Å². The molecule has 0 aliphatic heterocycles. The zero-order chi connectivity index (χ0) is 41.0. The molecule has 2 nitrogen and oxygen atoms in total. The van der Waals surface area contributed by atoms with E-state index >= 15 is 0 Å². The summed E-state index contributed by atoms with van der Waals surface area (Å²) in [5, 5.41) is 10.1. The van der Waals surface area contributed by atoms with Crippen LogP contribution in [0.15, 0.2) is 243 Å². The predicted octanol–water partition coefficient (Wildman–Crippen LogP) is 16.7. The Balaban J connectivity index is 0.995. The molecule has 1 heterocycles. The molecule has 0 radical (unpaired) electrons. The number of hydrogen-bond acceptors (Lipinski definition) is 1. The normalized spacial score (nSPS) is 11.5. The Morgan fingerprint density at radius 2 is 0.823 bits per heavy atom. The lowest BCUT2D eigenvalue weighted by molar-refractivity contribution is 1.18. The van der Waals surface area contributed by atoms with E-state index in [1.165, 1.54) is 81.9 Å². The molecule has 0 saturated carbocycles. The van der Waals surface area contributed by atoms with Gasteiger partial charge in [-0.1, -0.05) is 188 Å². The number of hydrogen-bond donors (Lipinski definition) is 0. The molecule has 0 aliphatic rings. The Morgan fingerprint density at radius 1 is 0.290 bits per heavy atom. The van der Waals surface area contributed by atoms with Crippen LogP contribution in [0.2, 0.25) is 0 Å². The van der Waals surface area contributed by atoms with Crippen molar-refractivity contribution in [3.8, 4) is 39.1 Å². The van der Waals surface area contributed by atoms with Crippen molar-refractivity contribution in [3.63, 3.8) is 0 Å². The molecule has 0 saturated heterocycles. The van der Waals surface area contributed by atoms with Crippen molar-refractivity contribution in [2.24, 2.45) is 0 Å². The second-order valence-electron chi connectivity index (χ2n) is 16.1. The Hall–Kier alpha value is -8.20. The van der Waals surface area contributed by atoms with Crippen molar-refractivity contribution in [1.29, 1.82) is 0 Å². The molecular weight excluding hydrogens is 749 g/mol. The number of aromatic nitrogens is 1. The second kappa shape index (κ2) is 14.8. The summed E-state index contributed by atoms with van der Waals surface area (Å²) in [6.07, 6.45) is 0. The Kier molecular flexibility index (Phi) is 8.53. The fourth-order valence-corrected chi connectivity index (χ4v) is 9.74. The average molecular weight is 789 g/mol. The zero-order valence-electron chi connectivity index (χ0n) is 34.0. The van der Waals surface area contributed by atoms with Gasteiger partial charge in [0.1, 0.15) is 0 Å². The highest BCUT2D eigenvalue weighted by Crippen LogP contribution is 2.44. The lowest BCUT2D eigenvalue weighted by Crippen LogP contribution is -2.11. The summed E-state index contributed by atoms with van der Waals surface area (Å²) in [5.74, 6) is 0. The molecule has 12 rings (SSSR count). The number of para-hydroxylation sites is 3. The van der Waals surface area contributed by atoms with Crippen molar-refractivity contribution in [3.05, 3.63) is 243 Å². The van der Waals surface area contributed by atoms with Crippen molar-refractivity contribution < 1.29 is 0 Å². The van der Waals surface area contributed by atoms with Crippen LogP contribution in [0.4, 0.5) is 17.1 Å².